The third-order valence-electron chi connectivity index (χ3n) is 5.44. The van der Waals surface area contributed by atoms with Crippen molar-refractivity contribution in [2.24, 2.45) is 0 Å². The summed E-state index contributed by atoms with van der Waals surface area (Å²) in [6.45, 7) is 3.63. The minimum atomic E-state index is -3.93. The Balaban J connectivity index is 1.74. The first-order valence-electron chi connectivity index (χ1n) is 10.3. The largest absolute Gasteiger partial charge is 0.340 e. The maximum absolute atomic E-state index is 13.6. The molecule has 33 heavy (non-hydrogen) atoms. The quantitative estimate of drug-likeness (QED) is 0.350. The van der Waals surface area contributed by atoms with Crippen molar-refractivity contribution in [3.63, 3.8) is 0 Å². The van der Waals surface area contributed by atoms with Crippen LogP contribution in [0.5, 0.6) is 0 Å². The Morgan fingerprint density at radius 1 is 0.970 bits per heavy atom. The summed E-state index contributed by atoms with van der Waals surface area (Å²) >= 11 is 1.64. The highest BCUT2D eigenvalue weighted by atomic mass is 32.2. The minimum Gasteiger partial charge on any atom is -0.340 e. The molecule has 0 saturated heterocycles. The molecule has 166 valence electrons. The molecule has 0 aliphatic heterocycles. The molecule has 0 fully saturated rings. The van der Waals surface area contributed by atoms with Crippen molar-refractivity contribution < 1.29 is 8.42 Å². The van der Waals surface area contributed by atoms with Gasteiger partial charge in [0, 0.05) is 16.0 Å². The van der Waals surface area contributed by atoms with Crippen LogP contribution in [0.3, 0.4) is 0 Å². The number of nitrogens with zero attached hydrogens (tertiary/aromatic N) is 4. The lowest BCUT2D eigenvalue weighted by molar-refractivity contribution is 0.592. The Hall–Kier alpha value is -3.43. The van der Waals surface area contributed by atoms with Gasteiger partial charge in [-0.05, 0) is 67.6 Å². The van der Waals surface area contributed by atoms with Gasteiger partial charge in [0.05, 0.1) is 10.4 Å². The molecular weight excluding hydrogens is 454 g/mol. The van der Waals surface area contributed by atoms with E-state index in [2.05, 4.69) is 15.6 Å². The summed E-state index contributed by atoms with van der Waals surface area (Å²) < 4.78 is 28.7. The first-order chi connectivity index (χ1) is 15.9. The average molecular weight is 476 g/mol. The number of nitrogens with one attached hydrogen (secondary N) is 1. The summed E-state index contributed by atoms with van der Waals surface area (Å²) in [4.78, 5) is 6.02. The fraction of sp³-hybridized carbons (Fsp3) is 0.125. The molecule has 0 aliphatic rings. The summed E-state index contributed by atoms with van der Waals surface area (Å²) in [5.74, 6) is 0.538. The van der Waals surface area contributed by atoms with Crippen LogP contribution in [0, 0.1) is 13.8 Å². The monoisotopic (exact) mass is 475 g/mol. The fourth-order valence-corrected chi connectivity index (χ4v) is 5.77. The van der Waals surface area contributed by atoms with E-state index in [1.165, 1.54) is 4.52 Å². The van der Waals surface area contributed by atoms with Gasteiger partial charge < -0.3 is 5.32 Å². The second-order valence-corrected chi connectivity index (χ2v) is 10.4. The highest BCUT2D eigenvalue weighted by Gasteiger charge is 2.28. The van der Waals surface area contributed by atoms with Crippen LogP contribution in [0.25, 0.3) is 16.6 Å². The van der Waals surface area contributed by atoms with Crippen molar-refractivity contribution in [1.29, 1.82) is 0 Å². The van der Waals surface area contributed by atoms with E-state index in [4.69, 9.17) is 4.98 Å². The zero-order chi connectivity index (χ0) is 23.2. The number of thioether (sulfide) groups is 1. The number of para-hydroxylation sites is 1. The molecule has 5 aromatic rings. The molecular formula is C24H21N5O2S2. The van der Waals surface area contributed by atoms with Gasteiger partial charge in [-0.15, -0.1) is 16.9 Å². The molecule has 1 N–H and O–H groups in total. The lowest BCUT2D eigenvalue weighted by Crippen LogP contribution is -2.07. The molecule has 9 heteroatoms. The summed E-state index contributed by atoms with van der Waals surface area (Å²) in [7, 11) is -3.93. The molecule has 5 rings (SSSR count). The first-order valence-corrected chi connectivity index (χ1v) is 13.0. The molecule has 0 radical (unpaired) electrons. The summed E-state index contributed by atoms with van der Waals surface area (Å²) in [6.07, 6.45) is 2.02. The second-order valence-electron chi connectivity index (χ2n) is 7.74. The van der Waals surface area contributed by atoms with Gasteiger partial charge in [0.2, 0.25) is 14.9 Å². The van der Waals surface area contributed by atoms with E-state index in [-0.39, 0.29) is 15.6 Å². The highest BCUT2D eigenvalue weighted by molar-refractivity contribution is 7.98. The van der Waals surface area contributed by atoms with Crippen molar-refractivity contribution in [1.82, 2.24) is 19.8 Å². The number of fused-ring (bicyclic) bond motifs is 3. The van der Waals surface area contributed by atoms with Crippen LogP contribution in [0.2, 0.25) is 0 Å². The number of sulfone groups is 1. The van der Waals surface area contributed by atoms with Crippen molar-refractivity contribution in [2.75, 3.05) is 11.6 Å². The van der Waals surface area contributed by atoms with Crippen LogP contribution in [0.4, 0.5) is 11.5 Å². The van der Waals surface area contributed by atoms with E-state index in [0.29, 0.717) is 16.9 Å². The summed E-state index contributed by atoms with van der Waals surface area (Å²) in [5, 5.41) is 12.2. The molecule has 0 aliphatic carbocycles. The maximum atomic E-state index is 13.6. The van der Waals surface area contributed by atoms with Crippen molar-refractivity contribution >= 4 is 49.7 Å². The molecule has 0 bridgehead atoms. The zero-order valence-electron chi connectivity index (χ0n) is 18.3. The van der Waals surface area contributed by atoms with Crippen LogP contribution in [0.15, 0.2) is 81.5 Å². The van der Waals surface area contributed by atoms with E-state index in [0.717, 1.165) is 21.5 Å². The molecule has 2 aromatic heterocycles. The van der Waals surface area contributed by atoms with E-state index >= 15 is 0 Å². The third-order valence-corrected chi connectivity index (χ3v) is 7.96. The number of aryl methyl sites for hydroxylation is 2. The van der Waals surface area contributed by atoms with Gasteiger partial charge >= 0.3 is 0 Å². The van der Waals surface area contributed by atoms with Crippen LogP contribution in [0.1, 0.15) is 11.1 Å². The minimum absolute atomic E-state index is 0.164. The van der Waals surface area contributed by atoms with Crippen molar-refractivity contribution in [3.8, 4) is 0 Å². The third kappa shape index (κ3) is 3.73. The Kier molecular flexibility index (Phi) is 5.30. The Bertz CT molecular complexity index is 1630. The number of rotatable bonds is 5. The molecule has 0 unspecified atom stereocenters. The second kappa shape index (κ2) is 8.17. The first kappa shape index (κ1) is 21.4. The molecule has 0 saturated carbocycles. The highest BCUT2D eigenvalue weighted by Crippen LogP contribution is 2.31. The number of aromatic nitrogens is 4. The summed E-state index contributed by atoms with van der Waals surface area (Å²) in [6, 6.07) is 20.9. The van der Waals surface area contributed by atoms with Gasteiger partial charge in [-0.2, -0.15) is 4.52 Å². The normalized spacial score (nSPS) is 11.8. The van der Waals surface area contributed by atoms with E-state index in [9.17, 15) is 8.42 Å². The van der Waals surface area contributed by atoms with E-state index < -0.39 is 9.84 Å². The van der Waals surface area contributed by atoms with Gasteiger partial charge in [-0.25, -0.2) is 13.4 Å². The number of anilines is 2. The maximum Gasteiger partial charge on any atom is 0.229 e. The Morgan fingerprint density at radius 3 is 2.61 bits per heavy atom. The molecule has 7 nitrogen and oxygen atoms in total. The molecule has 2 heterocycles. The van der Waals surface area contributed by atoms with Gasteiger partial charge in [-0.1, -0.05) is 35.5 Å². The predicted molar refractivity (Wildman–Crippen MR) is 131 cm³/mol. The molecule has 0 amide bonds. The van der Waals surface area contributed by atoms with Crippen molar-refractivity contribution in [2.45, 2.75) is 28.7 Å². The smallest absolute Gasteiger partial charge is 0.229 e. The van der Waals surface area contributed by atoms with E-state index in [1.807, 2.05) is 67.8 Å². The number of hydrogen-bond acceptors (Lipinski definition) is 7. The summed E-state index contributed by atoms with van der Waals surface area (Å²) in [5.41, 5.74) is 3.24. The van der Waals surface area contributed by atoms with Gasteiger partial charge in [0.25, 0.3) is 0 Å². The van der Waals surface area contributed by atoms with Crippen LogP contribution in [-0.2, 0) is 9.84 Å². The molecule has 3 aromatic carbocycles. The standard InChI is InChI=1S/C24H21N5O2S2/c1-15-11-12-16(2)21(13-15)33(30,31)24-23-26-22(25-17-7-6-8-18(14-17)32-3)19-9-4-5-10-20(19)29(23)28-27-24/h4-14H,1-3H3,(H,25,26). The molecule has 0 atom stereocenters. The number of hydrogen-bond donors (Lipinski definition) is 1. The predicted octanol–water partition coefficient (Wildman–Crippen LogP) is 5.19. The lowest BCUT2D eigenvalue weighted by atomic mass is 10.2. The van der Waals surface area contributed by atoms with E-state index in [1.54, 1.807) is 30.8 Å². The van der Waals surface area contributed by atoms with Gasteiger partial charge in [0.1, 0.15) is 5.82 Å². The van der Waals surface area contributed by atoms with Gasteiger partial charge in [0.15, 0.2) is 5.65 Å². The number of benzene rings is 3. The van der Waals surface area contributed by atoms with Crippen molar-refractivity contribution in [3.05, 3.63) is 77.9 Å². The van der Waals surface area contributed by atoms with Gasteiger partial charge in [-0.3, -0.25) is 0 Å². The Morgan fingerprint density at radius 2 is 1.79 bits per heavy atom. The average Bonchev–Trinajstić information content (AvgIpc) is 3.26. The van der Waals surface area contributed by atoms with Crippen LogP contribution in [-0.4, -0.2) is 34.5 Å². The fourth-order valence-electron chi connectivity index (χ4n) is 3.75. The zero-order valence-corrected chi connectivity index (χ0v) is 19.9. The topological polar surface area (TPSA) is 89.2 Å². The lowest BCUT2D eigenvalue weighted by Gasteiger charge is -2.11. The SMILES string of the molecule is CSc1cccc(Nc2nc3c(S(=O)(=O)c4cc(C)ccc4C)nnn3c3ccccc23)c1. The Labute approximate surface area is 195 Å². The molecule has 0 spiro atoms. The van der Waals surface area contributed by atoms with Crippen LogP contribution < -0.4 is 5.32 Å². The van der Waals surface area contributed by atoms with Crippen LogP contribution >= 0.6 is 11.8 Å².